The van der Waals surface area contributed by atoms with Crippen LogP contribution in [0.1, 0.15) is 60.0 Å². The van der Waals surface area contributed by atoms with Crippen LogP contribution in [0, 0.1) is 0 Å². The van der Waals surface area contributed by atoms with E-state index in [9.17, 15) is 4.79 Å². The minimum Gasteiger partial charge on any atom is -0.339 e. The maximum atomic E-state index is 12.7. The summed E-state index contributed by atoms with van der Waals surface area (Å²) in [4.78, 5) is 14.6. The van der Waals surface area contributed by atoms with Gasteiger partial charge in [0.15, 0.2) is 0 Å². The molecule has 1 heterocycles. The van der Waals surface area contributed by atoms with Crippen LogP contribution in [0.4, 0.5) is 0 Å². The smallest absolute Gasteiger partial charge is 0.253 e. The third kappa shape index (κ3) is 2.73. The number of carbonyl (C=O) groups is 1. The minimum atomic E-state index is 0.187. The molecule has 2 aliphatic rings. The van der Waals surface area contributed by atoms with E-state index < -0.39 is 0 Å². The highest BCUT2D eigenvalue weighted by Gasteiger charge is 2.23. The van der Waals surface area contributed by atoms with Gasteiger partial charge in [-0.3, -0.25) is 4.79 Å². The van der Waals surface area contributed by atoms with Gasteiger partial charge in [-0.15, -0.1) is 0 Å². The zero-order valence-corrected chi connectivity index (χ0v) is 12.3. The van der Waals surface area contributed by atoms with Gasteiger partial charge in [0.1, 0.15) is 0 Å². The van der Waals surface area contributed by atoms with Crippen LogP contribution < -0.4 is 5.32 Å². The van der Waals surface area contributed by atoms with Crippen LogP contribution >= 0.6 is 0 Å². The van der Waals surface area contributed by atoms with Crippen LogP contribution in [-0.2, 0) is 13.1 Å². The van der Waals surface area contributed by atoms with E-state index in [-0.39, 0.29) is 5.91 Å². The second-order valence-corrected chi connectivity index (χ2v) is 6.15. The Bertz CT molecular complexity index is 490. The highest BCUT2D eigenvalue weighted by Crippen LogP contribution is 2.23. The minimum absolute atomic E-state index is 0.187. The summed E-state index contributed by atoms with van der Waals surface area (Å²) in [5.41, 5.74) is 3.46. The number of fused-ring (bicyclic) bond motifs is 1. The summed E-state index contributed by atoms with van der Waals surface area (Å²) < 4.78 is 0. The number of nitrogens with one attached hydrogen (secondary N) is 1. The van der Waals surface area contributed by atoms with E-state index >= 15 is 0 Å². The van der Waals surface area contributed by atoms with Gasteiger partial charge in [-0.25, -0.2) is 0 Å². The number of nitrogens with zero attached hydrogens (tertiary/aromatic N) is 1. The largest absolute Gasteiger partial charge is 0.339 e. The Balaban J connectivity index is 1.74. The van der Waals surface area contributed by atoms with E-state index in [1.807, 2.05) is 18.0 Å². The maximum absolute atomic E-state index is 12.7. The van der Waals surface area contributed by atoms with Crippen LogP contribution in [0.3, 0.4) is 0 Å². The molecule has 108 valence electrons. The van der Waals surface area contributed by atoms with Crippen molar-refractivity contribution in [1.82, 2.24) is 10.2 Å². The van der Waals surface area contributed by atoms with E-state index in [1.54, 1.807) is 0 Å². The Morgan fingerprint density at radius 2 is 1.80 bits per heavy atom. The first-order valence-corrected chi connectivity index (χ1v) is 7.85. The van der Waals surface area contributed by atoms with Crippen LogP contribution in [0.2, 0.25) is 0 Å². The molecule has 3 nitrogen and oxygen atoms in total. The lowest BCUT2D eigenvalue weighted by Crippen LogP contribution is -2.36. The van der Waals surface area contributed by atoms with Gasteiger partial charge in [0, 0.05) is 31.7 Å². The highest BCUT2D eigenvalue weighted by molar-refractivity contribution is 5.94. The van der Waals surface area contributed by atoms with Gasteiger partial charge in [0.25, 0.3) is 5.91 Å². The molecule has 1 aromatic carbocycles. The van der Waals surface area contributed by atoms with Crippen molar-refractivity contribution < 1.29 is 4.79 Å². The van der Waals surface area contributed by atoms with Crippen molar-refractivity contribution in [2.24, 2.45) is 0 Å². The Hall–Kier alpha value is -1.35. The summed E-state index contributed by atoms with van der Waals surface area (Å²) in [7, 11) is 1.98. The van der Waals surface area contributed by atoms with Crippen molar-refractivity contribution >= 4 is 5.91 Å². The first kappa shape index (κ1) is 13.6. The third-order valence-corrected chi connectivity index (χ3v) is 4.78. The fourth-order valence-corrected chi connectivity index (χ4v) is 3.44. The van der Waals surface area contributed by atoms with Crippen LogP contribution in [0.25, 0.3) is 0 Å². The molecule has 1 aliphatic carbocycles. The first-order valence-electron chi connectivity index (χ1n) is 7.85. The maximum Gasteiger partial charge on any atom is 0.253 e. The average molecular weight is 272 g/mol. The molecule has 0 spiro atoms. The molecule has 0 atom stereocenters. The molecule has 1 aliphatic heterocycles. The Morgan fingerprint density at radius 3 is 2.55 bits per heavy atom. The van der Waals surface area contributed by atoms with Crippen molar-refractivity contribution in [2.75, 3.05) is 7.05 Å². The van der Waals surface area contributed by atoms with Gasteiger partial charge in [-0.05, 0) is 36.1 Å². The van der Waals surface area contributed by atoms with Crippen molar-refractivity contribution in [2.45, 2.75) is 57.7 Å². The number of hydrogen-bond donors (Lipinski definition) is 1. The number of amides is 1. The SMILES string of the molecule is CN(C(=O)c1ccc2c(c1)CNC2)C1CCCCCC1. The molecule has 0 unspecified atom stereocenters. The molecule has 3 rings (SSSR count). The molecular weight excluding hydrogens is 248 g/mol. The molecule has 20 heavy (non-hydrogen) atoms. The topological polar surface area (TPSA) is 32.3 Å². The first-order chi connectivity index (χ1) is 9.75. The van der Waals surface area contributed by atoms with Crippen LogP contribution in [0.15, 0.2) is 18.2 Å². The fourth-order valence-electron chi connectivity index (χ4n) is 3.44. The lowest BCUT2D eigenvalue weighted by atomic mass is 10.0. The number of carbonyl (C=O) groups excluding carboxylic acids is 1. The van der Waals surface area contributed by atoms with Crippen molar-refractivity contribution in [3.8, 4) is 0 Å². The molecule has 1 amide bonds. The van der Waals surface area contributed by atoms with Crippen molar-refractivity contribution in [3.05, 3.63) is 34.9 Å². The van der Waals surface area contributed by atoms with Crippen molar-refractivity contribution in [1.29, 1.82) is 0 Å². The molecule has 0 saturated heterocycles. The highest BCUT2D eigenvalue weighted by atomic mass is 16.2. The second-order valence-electron chi connectivity index (χ2n) is 6.15. The summed E-state index contributed by atoms with van der Waals surface area (Å²) in [5.74, 6) is 0.187. The van der Waals surface area contributed by atoms with E-state index in [0.29, 0.717) is 6.04 Å². The summed E-state index contributed by atoms with van der Waals surface area (Å²) in [6.07, 6.45) is 7.49. The lowest BCUT2D eigenvalue weighted by Gasteiger charge is -2.27. The van der Waals surface area contributed by atoms with Gasteiger partial charge in [0.05, 0.1) is 0 Å². The predicted octanol–water partition coefficient (Wildman–Crippen LogP) is 3.08. The standard InChI is InChI=1S/C17H24N2O/c1-19(16-6-4-2-3-5-7-16)17(20)13-8-9-14-11-18-12-15(14)10-13/h8-10,16,18H,2-7,11-12H2,1H3. The van der Waals surface area contributed by atoms with E-state index in [4.69, 9.17) is 0 Å². The quantitative estimate of drug-likeness (QED) is 0.839. The number of benzene rings is 1. The fraction of sp³-hybridized carbons (Fsp3) is 0.588. The van der Waals surface area contributed by atoms with Crippen LogP contribution in [-0.4, -0.2) is 23.9 Å². The Kier molecular flexibility index (Phi) is 4.06. The molecule has 0 radical (unpaired) electrons. The van der Waals surface area contributed by atoms with E-state index in [1.165, 1.54) is 36.8 Å². The molecule has 3 heteroatoms. The Morgan fingerprint density at radius 1 is 1.10 bits per heavy atom. The molecule has 0 bridgehead atoms. The lowest BCUT2D eigenvalue weighted by molar-refractivity contribution is 0.0717. The molecule has 1 N–H and O–H groups in total. The summed E-state index contributed by atoms with van der Waals surface area (Å²) in [6, 6.07) is 6.59. The molecule has 0 aromatic heterocycles. The number of hydrogen-bond acceptors (Lipinski definition) is 2. The Labute approximate surface area is 121 Å². The van der Waals surface area contributed by atoms with Gasteiger partial charge < -0.3 is 10.2 Å². The van der Waals surface area contributed by atoms with E-state index in [0.717, 1.165) is 31.5 Å². The predicted molar refractivity (Wildman–Crippen MR) is 80.6 cm³/mol. The molecule has 1 saturated carbocycles. The summed E-state index contributed by atoms with van der Waals surface area (Å²) >= 11 is 0. The third-order valence-electron chi connectivity index (χ3n) is 4.78. The molecule has 1 fully saturated rings. The van der Waals surface area contributed by atoms with Crippen molar-refractivity contribution in [3.63, 3.8) is 0 Å². The van der Waals surface area contributed by atoms with Gasteiger partial charge >= 0.3 is 0 Å². The summed E-state index contributed by atoms with van der Waals surface area (Å²) in [6.45, 7) is 1.83. The zero-order chi connectivity index (χ0) is 13.9. The van der Waals surface area contributed by atoms with Gasteiger partial charge in [-0.1, -0.05) is 31.7 Å². The normalized spacial score (nSPS) is 19.4. The van der Waals surface area contributed by atoms with E-state index in [2.05, 4.69) is 17.4 Å². The average Bonchev–Trinajstić information content (AvgIpc) is 2.77. The van der Waals surface area contributed by atoms with Gasteiger partial charge in [0.2, 0.25) is 0 Å². The van der Waals surface area contributed by atoms with Crippen LogP contribution in [0.5, 0.6) is 0 Å². The number of rotatable bonds is 2. The van der Waals surface area contributed by atoms with Gasteiger partial charge in [-0.2, -0.15) is 0 Å². The monoisotopic (exact) mass is 272 g/mol. The molecule has 1 aromatic rings. The summed E-state index contributed by atoms with van der Waals surface area (Å²) in [5, 5.41) is 3.33. The molecular formula is C17H24N2O. The zero-order valence-electron chi connectivity index (χ0n) is 12.3. The second kappa shape index (κ2) is 5.96.